The summed E-state index contributed by atoms with van der Waals surface area (Å²) in [5, 5.41) is 0. The Morgan fingerprint density at radius 1 is 0.958 bits per heavy atom. The molecule has 0 aliphatic heterocycles. The van der Waals surface area contributed by atoms with Gasteiger partial charge in [-0.2, -0.15) is 0 Å². The third-order valence-corrected chi connectivity index (χ3v) is 10.1. The summed E-state index contributed by atoms with van der Waals surface area (Å²) in [7, 11) is 0. The van der Waals surface area contributed by atoms with Crippen molar-refractivity contribution in [2.45, 2.75) is 98.3 Å². The van der Waals surface area contributed by atoms with E-state index in [0.29, 0.717) is 27.9 Å². The van der Waals surface area contributed by atoms with Gasteiger partial charge < -0.3 is 0 Å². The van der Waals surface area contributed by atoms with Crippen LogP contribution in [0.3, 0.4) is 0 Å². The molecule has 0 saturated heterocycles. The molecule has 4 aliphatic carbocycles. The van der Waals surface area contributed by atoms with Crippen LogP contribution in [0.2, 0.25) is 0 Å². The summed E-state index contributed by atoms with van der Waals surface area (Å²) in [6.45, 7) is 10.2. The lowest BCUT2D eigenvalue weighted by Gasteiger charge is -2.61. The van der Waals surface area contributed by atoms with Crippen molar-refractivity contribution in [3.63, 3.8) is 0 Å². The van der Waals surface area contributed by atoms with Crippen molar-refractivity contribution in [3.8, 4) is 0 Å². The predicted molar refractivity (Wildman–Crippen MR) is 99.7 cm³/mol. The Morgan fingerprint density at radius 3 is 2.46 bits per heavy atom. The Kier molecular flexibility index (Phi) is 3.98. The topological polar surface area (TPSA) is 17.1 Å². The number of rotatable bonds is 2. The number of ketones is 1. The second-order valence-corrected chi connectivity index (χ2v) is 10.7. The molecule has 4 fully saturated rings. The van der Waals surface area contributed by atoms with Crippen LogP contribution in [0.25, 0.3) is 0 Å². The van der Waals surface area contributed by atoms with Crippen LogP contribution >= 0.6 is 0 Å². The van der Waals surface area contributed by atoms with E-state index in [2.05, 4.69) is 27.7 Å². The standard InChI is InChI=1S/C23H38O/c1-5-11-21(2)12-9-20-18-7-6-16-15-17(24)8-13-22(16,3)19(18)10-14-23(20,21)4/h16,18-20H,5-15H2,1-4H3/t16?,18-,19-,20+,21?,22+,23+/m1/s1. The van der Waals surface area contributed by atoms with Gasteiger partial charge in [0.2, 0.25) is 0 Å². The highest BCUT2D eigenvalue weighted by Gasteiger charge is 2.62. The van der Waals surface area contributed by atoms with Crippen LogP contribution in [-0.2, 0) is 4.79 Å². The van der Waals surface area contributed by atoms with Gasteiger partial charge in [-0.25, -0.2) is 0 Å². The molecule has 7 atom stereocenters. The molecule has 4 aliphatic rings. The Morgan fingerprint density at radius 2 is 1.71 bits per heavy atom. The Balaban J connectivity index is 1.62. The number of hydrogen-bond donors (Lipinski definition) is 0. The monoisotopic (exact) mass is 330 g/mol. The number of fused-ring (bicyclic) bond motifs is 5. The highest BCUT2D eigenvalue weighted by molar-refractivity contribution is 5.79. The second kappa shape index (κ2) is 5.58. The Hall–Kier alpha value is -0.330. The zero-order valence-electron chi connectivity index (χ0n) is 16.5. The highest BCUT2D eigenvalue weighted by atomic mass is 16.1. The quantitative estimate of drug-likeness (QED) is 0.572. The maximum absolute atomic E-state index is 12.0. The maximum Gasteiger partial charge on any atom is 0.133 e. The van der Waals surface area contributed by atoms with Crippen molar-refractivity contribution in [2.24, 2.45) is 39.9 Å². The molecule has 0 spiro atoms. The van der Waals surface area contributed by atoms with Crippen LogP contribution in [-0.4, -0.2) is 5.78 Å². The summed E-state index contributed by atoms with van der Waals surface area (Å²) < 4.78 is 0. The maximum atomic E-state index is 12.0. The van der Waals surface area contributed by atoms with E-state index in [0.717, 1.165) is 30.6 Å². The fraction of sp³-hybridized carbons (Fsp3) is 0.957. The minimum atomic E-state index is 0.474. The Bertz CT molecular complexity index is 524. The van der Waals surface area contributed by atoms with Crippen LogP contribution in [0.5, 0.6) is 0 Å². The van der Waals surface area contributed by atoms with Gasteiger partial charge in [-0.3, -0.25) is 4.79 Å². The molecule has 0 aromatic carbocycles. The molecule has 0 N–H and O–H groups in total. The predicted octanol–water partition coefficient (Wildman–Crippen LogP) is 6.40. The van der Waals surface area contributed by atoms with Gasteiger partial charge in [0.25, 0.3) is 0 Å². The Labute approximate surface area is 149 Å². The molecule has 0 radical (unpaired) electrons. The summed E-state index contributed by atoms with van der Waals surface area (Å²) in [4.78, 5) is 12.0. The zero-order valence-corrected chi connectivity index (χ0v) is 16.5. The summed E-state index contributed by atoms with van der Waals surface area (Å²) in [5.41, 5.74) is 1.64. The van der Waals surface area contributed by atoms with Gasteiger partial charge in [0.05, 0.1) is 0 Å². The summed E-state index contributed by atoms with van der Waals surface area (Å²) in [5.74, 6) is 4.08. The molecule has 4 saturated carbocycles. The lowest BCUT2D eigenvalue weighted by molar-refractivity contribution is -0.143. The molecular formula is C23H38O. The number of carbonyl (C=O) groups is 1. The molecule has 1 nitrogen and oxygen atoms in total. The number of Topliss-reactive ketones (excluding diaryl/α,β-unsaturated/α-hetero) is 1. The first-order chi connectivity index (χ1) is 11.3. The minimum Gasteiger partial charge on any atom is -0.300 e. The molecule has 1 heteroatoms. The molecule has 0 aromatic rings. The van der Waals surface area contributed by atoms with Crippen LogP contribution in [0.1, 0.15) is 98.3 Å². The third kappa shape index (κ3) is 2.15. The average Bonchev–Trinajstić information content (AvgIpc) is 2.80. The fourth-order valence-electron chi connectivity index (χ4n) is 8.37. The van der Waals surface area contributed by atoms with E-state index in [1.54, 1.807) is 0 Å². The normalized spacial score (nSPS) is 54.1. The zero-order chi connectivity index (χ0) is 17.2. The molecule has 2 unspecified atom stereocenters. The van der Waals surface area contributed by atoms with Crippen LogP contribution in [0.15, 0.2) is 0 Å². The van der Waals surface area contributed by atoms with Crippen molar-refractivity contribution in [2.75, 3.05) is 0 Å². The smallest absolute Gasteiger partial charge is 0.133 e. The van der Waals surface area contributed by atoms with Crippen molar-refractivity contribution in [1.82, 2.24) is 0 Å². The molecule has 0 heterocycles. The first-order valence-corrected chi connectivity index (χ1v) is 10.9. The molecule has 0 amide bonds. The third-order valence-electron chi connectivity index (χ3n) is 10.1. The van der Waals surface area contributed by atoms with Crippen molar-refractivity contribution < 1.29 is 4.79 Å². The fourth-order valence-corrected chi connectivity index (χ4v) is 8.37. The van der Waals surface area contributed by atoms with E-state index in [9.17, 15) is 4.79 Å². The molecule has 136 valence electrons. The van der Waals surface area contributed by atoms with Gasteiger partial charge in [0.15, 0.2) is 0 Å². The summed E-state index contributed by atoms with van der Waals surface area (Å²) >= 11 is 0. The van der Waals surface area contributed by atoms with E-state index in [4.69, 9.17) is 0 Å². The second-order valence-electron chi connectivity index (χ2n) is 10.7. The lowest BCUT2D eigenvalue weighted by Crippen LogP contribution is -2.54. The van der Waals surface area contributed by atoms with Crippen LogP contribution in [0, 0.1) is 39.9 Å². The van der Waals surface area contributed by atoms with Gasteiger partial charge in [0.1, 0.15) is 5.78 Å². The molecule has 4 rings (SSSR count). The van der Waals surface area contributed by atoms with E-state index in [-0.39, 0.29) is 0 Å². The summed E-state index contributed by atoms with van der Waals surface area (Å²) in [6.07, 6.45) is 14.3. The van der Waals surface area contributed by atoms with Crippen molar-refractivity contribution in [1.29, 1.82) is 0 Å². The van der Waals surface area contributed by atoms with E-state index >= 15 is 0 Å². The van der Waals surface area contributed by atoms with Gasteiger partial charge in [0, 0.05) is 12.8 Å². The van der Waals surface area contributed by atoms with E-state index < -0.39 is 0 Å². The molecular weight excluding hydrogens is 292 g/mol. The van der Waals surface area contributed by atoms with Crippen LogP contribution < -0.4 is 0 Å². The van der Waals surface area contributed by atoms with Crippen molar-refractivity contribution in [3.05, 3.63) is 0 Å². The van der Waals surface area contributed by atoms with Gasteiger partial charge in [-0.05, 0) is 91.3 Å². The molecule has 24 heavy (non-hydrogen) atoms. The lowest BCUT2D eigenvalue weighted by atomic mass is 9.43. The largest absolute Gasteiger partial charge is 0.300 e. The average molecular weight is 331 g/mol. The van der Waals surface area contributed by atoms with Gasteiger partial charge >= 0.3 is 0 Å². The van der Waals surface area contributed by atoms with Gasteiger partial charge in [-0.15, -0.1) is 0 Å². The summed E-state index contributed by atoms with van der Waals surface area (Å²) in [6, 6.07) is 0. The first-order valence-electron chi connectivity index (χ1n) is 10.9. The number of hydrogen-bond acceptors (Lipinski definition) is 1. The van der Waals surface area contributed by atoms with Gasteiger partial charge in [-0.1, -0.05) is 34.1 Å². The highest BCUT2D eigenvalue weighted by Crippen LogP contribution is 2.71. The minimum absolute atomic E-state index is 0.474. The van der Waals surface area contributed by atoms with Crippen molar-refractivity contribution >= 4 is 5.78 Å². The van der Waals surface area contributed by atoms with E-state index in [1.807, 2.05) is 0 Å². The first kappa shape index (κ1) is 17.1. The molecule has 0 aromatic heterocycles. The molecule has 0 bridgehead atoms. The SMILES string of the molecule is CCCC1(C)CC[C@H]2[C@@H]3CCC4CC(=O)CC[C@]4(C)[C@@H]3CC[C@@]21C. The number of carbonyl (C=O) groups excluding carboxylic acids is 1. The van der Waals surface area contributed by atoms with Crippen LogP contribution in [0.4, 0.5) is 0 Å². The van der Waals surface area contributed by atoms with E-state index in [1.165, 1.54) is 57.8 Å².